The number of benzene rings is 2. The maximum Gasteiger partial charge on any atom is 0.259 e. The molecule has 1 saturated heterocycles. The van der Waals surface area contributed by atoms with Crippen LogP contribution in [-0.2, 0) is 0 Å². The summed E-state index contributed by atoms with van der Waals surface area (Å²) in [7, 11) is 0. The molecule has 1 aromatic heterocycles. The molecule has 0 bridgehead atoms. The van der Waals surface area contributed by atoms with Crippen molar-refractivity contribution in [1.29, 1.82) is 0 Å². The summed E-state index contributed by atoms with van der Waals surface area (Å²) in [5, 5.41) is 8.89. The van der Waals surface area contributed by atoms with Crippen LogP contribution in [0.25, 0.3) is 11.5 Å². The minimum Gasteiger partial charge on any atom is -0.418 e. The van der Waals surface area contributed by atoms with Crippen LogP contribution in [0.15, 0.2) is 40.8 Å². The van der Waals surface area contributed by atoms with Crippen LogP contribution in [0.2, 0.25) is 10.0 Å². The number of nitrogens with zero attached hydrogens (tertiary/aromatic N) is 3. The molecule has 0 N–H and O–H groups in total. The normalized spacial score (nSPS) is 16.6. The van der Waals surface area contributed by atoms with Gasteiger partial charge in [-0.1, -0.05) is 29.3 Å². The van der Waals surface area contributed by atoms with Crippen molar-refractivity contribution in [3.8, 4) is 11.5 Å². The molecule has 0 aliphatic carbocycles. The minimum absolute atomic E-state index is 0.0890. The third-order valence-electron chi connectivity index (χ3n) is 4.83. The molecule has 0 spiro atoms. The summed E-state index contributed by atoms with van der Waals surface area (Å²) in [5.74, 6) is -0.416. The zero-order valence-corrected chi connectivity index (χ0v) is 16.5. The number of aryl methyl sites for hydroxylation is 1. The molecule has 0 radical (unpaired) electrons. The van der Waals surface area contributed by atoms with Crippen molar-refractivity contribution < 1.29 is 13.6 Å². The fourth-order valence-corrected chi connectivity index (χ4v) is 3.69. The van der Waals surface area contributed by atoms with E-state index in [1.165, 1.54) is 6.07 Å². The lowest BCUT2D eigenvalue weighted by atomic mass is 10.1. The van der Waals surface area contributed by atoms with Gasteiger partial charge < -0.3 is 9.32 Å². The maximum absolute atomic E-state index is 14.6. The molecule has 1 atom stereocenters. The second-order valence-electron chi connectivity index (χ2n) is 6.66. The van der Waals surface area contributed by atoms with E-state index in [1.807, 2.05) is 0 Å². The van der Waals surface area contributed by atoms with E-state index in [4.69, 9.17) is 27.6 Å². The van der Waals surface area contributed by atoms with Crippen molar-refractivity contribution in [2.75, 3.05) is 6.54 Å². The lowest BCUT2D eigenvalue weighted by Crippen LogP contribution is -2.31. The Balaban J connectivity index is 1.64. The molecule has 1 fully saturated rings. The Bertz CT molecular complexity index is 1040. The molecule has 2 heterocycles. The Morgan fingerprint density at radius 1 is 1.18 bits per heavy atom. The van der Waals surface area contributed by atoms with E-state index in [0.29, 0.717) is 35.3 Å². The number of amides is 1. The number of likely N-dealkylation sites (tertiary alicyclic amines) is 1. The van der Waals surface area contributed by atoms with Crippen molar-refractivity contribution >= 4 is 29.1 Å². The van der Waals surface area contributed by atoms with Crippen LogP contribution in [0.1, 0.15) is 40.7 Å². The third kappa shape index (κ3) is 3.38. The van der Waals surface area contributed by atoms with Crippen LogP contribution in [0, 0.1) is 12.7 Å². The smallest absolute Gasteiger partial charge is 0.259 e. The first-order valence-electron chi connectivity index (χ1n) is 8.80. The highest BCUT2D eigenvalue weighted by atomic mass is 35.5. The topological polar surface area (TPSA) is 59.2 Å². The highest BCUT2D eigenvalue weighted by molar-refractivity contribution is 6.34. The molecule has 4 rings (SSSR count). The molecule has 144 valence electrons. The predicted octanol–water partition coefficient (Wildman–Crippen LogP) is 5.47. The van der Waals surface area contributed by atoms with Gasteiger partial charge in [-0.15, -0.1) is 10.2 Å². The first-order valence-corrected chi connectivity index (χ1v) is 9.56. The molecule has 1 unspecified atom stereocenters. The van der Waals surface area contributed by atoms with Gasteiger partial charge in [-0.2, -0.15) is 0 Å². The van der Waals surface area contributed by atoms with Gasteiger partial charge in [0.1, 0.15) is 11.9 Å². The first-order chi connectivity index (χ1) is 13.5. The number of rotatable bonds is 3. The van der Waals surface area contributed by atoms with Gasteiger partial charge in [0.15, 0.2) is 0 Å². The second-order valence-corrected chi connectivity index (χ2v) is 7.51. The number of carbonyl (C=O) groups is 1. The summed E-state index contributed by atoms with van der Waals surface area (Å²) in [4.78, 5) is 14.6. The zero-order chi connectivity index (χ0) is 19.8. The Morgan fingerprint density at radius 2 is 1.93 bits per heavy atom. The van der Waals surface area contributed by atoms with Crippen molar-refractivity contribution in [2.45, 2.75) is 25.8 Å². The lowest BCUT2D eigenvalue weighted by Gasteiger charge is -2.23. The van der Waals surface area contributed by atoms with Crippen LogP contribution in [-0.4, -0.2) is 27.5 Å². The molecule has 1 aliphatic rings. The number of hydrogen-bond acceptors (Lipinski definition) is 4. The lowest BCUT2D eigenvalue weighted by molar-refractivity contribution is 0.0711. The van der Waals surface area contributed by atoms with Crippen LogP contribution in [0.4, 0.5) is 4.39 Å². The molecule has 1 amide bonds. The predicted molar refractivity (Wildman–Crippen MR) is 104 cm³/mol. The van der Waals surface area contributed by atoms with Crippen LogP contribution >= 0.6 is 23.2 Å². The van der Waals surface area contributed by atoms with Crippen molar-refractivity contribution in [3.05, 3.63) is 69.3 Å². The average Bonchev–Trinajstić information content (AvgIpc) is 3.34. The summed E-state index contributed by atoms with van der Waals surface area (Å²) in [6, 6.07) is 9.68. The first kappa shape index (κ1) is 18.9. The highest BCUT2D eigenvalue weighted by Gasteiger charge is 2.36. The zero-order valence-electron chi connectivity index (χ0n) is 15.0. The quantitative estimate of drug-likeness (QED) is 0.564. The van der Waals surface area contributed by atoms with Gasteiger partial charge in [0, 0.05) is 17.1 Å². The standard InChI is InChI=1S/C20H16Cl2FN3O2/c1-11-4-9-14(22)16(17(11)23)20(27)26-10-2-3-15(26)19-25-24-18(28-19)12-5-7-13(21)8-6-12/h4-9,15H,2-3,10H2,1H3. The van der Waals surface area contributed by atoms with Crippen molar-refractivity contribution in [1.82, 2.24) is 15.1 Å². The van der Waals surface area contributed by atoms with Gasteiger partial charge >= 0.3 is 0 Å². The molecular formula is C20H16Cl2FN3O2. The monoisotopic (exact) mass is 419 g/mol. The second kappa shape index (κ2) is 7.53. The number of aromatic nitrogens is 2. The molecule has 0 saturated carbocycles. The van der Waals surface area contributed by atoms with E-state index < -0.39 is 17.8 Å². The van der Waals surface area contributed by atoms with Gasteiger partial charge in [-0.3, -0.25) is 4.79 Å². The Hall–Kier alpha value is -2.44. The Labute approximate surface area is 171 Å². The van der Waals surface area contributed by atoms with Crippen molar-refractivity contribution in [3.63, 3.8) is 0 Å². The molecule has 2 aromatic carbocycles. The maximum atomic E-state index is 14.6. The summed E-state index contributed by atoms with van der Waals surface area (Å²) in [5.41, 5.74) is 0.976. The van der Waals surface area contributed by atoms with Gasteiger partial charge in [-0.05, 0) is 55.7 Å². The number of carbonyl (C=O) groups excluding carboxylic acids is 1. The van der Waals surface area contributed by atoms with Crippen LogP contribution < -0.4 is 0 Å². The fraction of sp³-hybridized carbons (Fsp3) is 0.250. The average molecular weight is 420 g/mol. The molecule has 3 aromatic rings. The molecule has 1 aliphatic heterocycles. The Morgan fingerprint density at radius 3 is 2.68 bits per heavy atom. The van der Waals surface area contributed by atoms with Gasteiger partial charge in [-0.25, -0.2) is 4.39 Å². The van der Waals surface area contributed by atoms with Gasteiger partial charge in [0.05, 0.1) is 10.6 Å². The molecule has 28 heavy (non-hydrogen) atoms. The van der Waals surface area contributed by atoms with E-state index in [1.54, 1.807) is 42.2 Å². The number of halogens is 3. The molecule has 5 nitrogen and oxygen atoms in total. The van der Waals surface area contributed by atoms with E-state index in [0.717, 1.165) is 12.0 Å². The Kier molecular flexibility index (Phi) is 5.08. The van der Waals surface area contributed by atoms with Crippen LogP contribution in [0.5, 0.6) is 0 Å². The fourth-order valence-electron chi connectivity index (χ4n) is 3.34. The molecular weight excluding hydrogens is 404 g/mol. The summed E-state index contributed by atoms with van der Waals surface area (Å²) in [6.45, 7) is 2.06. The van der Waals surface area contributed by atoms with E-state index in [-0.39, 0.29) is 10.6 Å². The van der Waals surface area contributed by atoms with E-state index in [2.05, 4.69) is 10.2 Å². The minimum atomic E-state index is -0.601. The van der Waals surface area contributed by atoms with Crippen LogP contribution in [0.3, 0.4) is 0 Å². The molecule has 8 heteroatoms. The summed E-state index contributed by atoms with van der Waals surface area (Å²) < 4.78 is 20.4. The van der Waals surface area contributed by atoms with Crippen molar-refractivity contribution in [2.24, 2.45) is 0 Å². The highest BCUT2D eigenvalue weighted by Crippen LogP contribution is 2.35. The van der Waals surface area contributed by atoms with E-state index in [9.17, 15) is 9.18 Å². The van der Waals surface area contributed by atoms with Gasteiger partial charge in [0.2, 0.25) is 11.8 Å². The third-order valence-corrected chi connectivity index (χ3v) is 5.40. The summed E-state index contributed by atoms with van der Waals surface area (Å²) >= 11 is 12.0. The number of hydrogen-bond donors (Lipinski definition) is 0. The van der Waals surface area contributed by atoms with Gasteiger partial charge in [0.25, 0.3) is 5.91 Å². The SMILES string of the molecule is Cc1ccc(Cl)c(C(=O)N2CCCC2c2nnc(-c3ccc(Cl)cc3)o2)c1F. The van der Waals surface area contributed by atoms with E-state index >= 15 is 0 Å². The summed E-state index contributed by atoms with van der Waals surface area (Å²) in [6.07, 6.45) is 1.40. The largest absolute Gasteiger partial charge is 0.418 e.